The van der Waals surface area contributed by atoms with Crippen molar-refractivity contribution in [3.63, 3.8) is 0 Å². The van der Waals surface area contributed by atoms with E-state index in [1.807, 2.05) is 25.1 Å². The number of hydrogen-bond donors (Lipinski definition) is 1. The van der Waals surface area contributed by atoms with Gasteiger partial charge in [0.05, 0.1) is 5.69 Å². The molecule has 0 aliphatic heterocycles. The lowest BCUT2D eigenvalue weighted by atomic mass is 10.1. The first-order valence-corrected chi connectivity index (χ1v) is 8.32. The molecule has 1 aromatic carbocycles. The summed E-state index contributed by atoms with van der Waals surface area (Å²) in [5.41, 5.74) is 4.22. The second-order valence-electron chi connectivity index (χ2n) is 5.70. The number of aryl methyl sites for hydroxylation is 4. The van der Waals surface area contributed by atoms with Crippen molar-refractivity contribution in [2.24, 2.45) is 0 Å². The molecule has 0 saturated heterocycles. The number of rotatable bonds is 2. The van der Waals surface area contributed by atoms with Gasteiger partial charge < -0.3 is 0 Å². The molecule has 3 rings (SSSR count). The number of anilines is 1. The fraction of sp³-hybridized carbons (Fsp3) is 0.412. The number of nitrogens with one attached hydrogen (secondary N) is 1. The summed E-state index contributed by atoms with van der Waals surface area (Å²) in [5, 5.41) is 3.69. The summed E-state index contributed by atoms with van der Waals surface area (Å²) in [4.78, 5) is 18.3. The molecule has 1 aliphatic carbocycles. The van der Waals surface area contributed by atoms with E-state index in [1.165, 1.54) is 35.4 Å². The van der Waals surface area contributed by atoms with E-state index in [9.17, 15) is 4.79 Å². The average molecular weight is 300 g/mol. The van der Waals surface area contributed by atoms with Gasteiger partial charge in [0.1, 0.15) is 0 Å². The van der Waals surface area contributed by atoms with Gasteiger partial charge in [-0.15, -0.1) is 11.3 Å². The lowest BCUT2D eigenvalue weighted by molar-refractivity contribution is 0.102. The van der Waals surface area contributed by atoms with Crippen LogP contribution < -0.4 is 5.32 Å². The maximum absolute atomic E-state index is 12.3. The number of thiazole rings is 1. The van der Waals surface area contributed by atoms with Crippen molar-refractivity contribution in [1.29, 1.82) is 0 Å². The summed E-state index contributed by atoms with van der Waals surface area (Å²) < 4.78 is 0. The summed E-state index contributed by atoms with van der Waals surface area (Å²) in [6.07, 6.45) is 5.88. The van der Waals surface area contributed by atoms with E-state index in [2.05, 4.69) is 17.2 Å². The molecule has 21 heavy (non-hydrogen) atoms. The van der Waals surface area contributed by atoms with Gasteiger partial charge in [-0.1, -0.05) is 12.5 Å². The second kappa shape index (κ2) is 5.98. The van der Waals surface area contributed by atoms with Crippen molar-refractivity contribution in [1.82, 2.24) is 4.98 Å². The van der Waals surface area contributed by atoms with Crippen molar-refractivity contribution in [2.45, 2.75) is 46.0 Å². The van der Waals surface area contributed by atoms with Gasteiger partial charge in [-0.25, -0.2) is 4.98 Å². The summed E-state index contributed by atoms with van der Waals surface area (Å²) in [6.45, 7) is 4.08. The highest BCUT2D eigenvalue weighted by Gasteiger charge is 2.16. The van der Waals surface area contributed by atoms with E-state index in [4.69, 9.17) is 0 Å². The molecule has 0 bridgehead atoms. The molecule has 3 nitrogen and oxygen atoms in total. The Morgan fingerprint density at radius 2 is 1.95 bits per heavy atom. The van der Waals surface area contributed by atoms with Crippen LogP contribution in [0.5, 0.6) is 0 Å². The third-order valence-electron chi connectivity index (χ3n) is 4.09. The minimum absolute atomic E-state index is 0.0676. The molecular formula is C17H20N2OS. The zero-order valence-corrected chi connectivity index (χ0v) is 13.3. The van der Waals surface area contributed by atoms with Crippen LogP contribution in [0.15, 0.2) is 18.2 Å². The summed E-state index contributed by atoms with van der Waals surface area (Å²) in [5.74, 6) is -0.0676. The van der Waals surface area contributed by atoms with Crippen LogP contribution in [0.4, 0.5) is 5.13 Å². The zero-order chi connectivity index (χ0) is 14.8. The first-order valence-electron chi connectivity index (χ1n) is 7.50. The topological polar surface area (TPSA) is 42.0 Å². The van der Waals surface area contributed by atoms with Crippen LogP contribution in [0.2, 0.25) is 0 Å². The highest BCUT2D eigenvalue weighted by Crippen LogP contribution is 2.29. The number of fused-ring (bicyclic) bond motifs is 1. The Morgan fingerprint density at radius 1 is 1.14 bits per heavy atom. The molecule has 110 valence electrons. The predicted molar refractivity (Wildman–Crippen MR) is 87.2 cm³/mol. The first-order chi connectivity index (χ1) is 10.1. The van der Waals surface area contributed by atoms with Gasteiger partial charge in [0.2, 0.25) is 0 Å². The van der Waals surface area contributed by atoms with Crippen molar-refractivity contribution in [3.05, 3.63) is 45.5 Å². The smallest absolute Gasteiger partial charge is 0.257 e. The highest BCUT2D eigenvalue weighted by molar-refractivity contribution is 7.15. The van der Waals surface area contributed by atoms with Crippen LogP contribution in [-0.2, 0) is 12.8 Å². The van der Waals surface area contributed by atoms with Crippen LogP contribution in [0, 0.1) is 13.8 Å². The average Bonchev–Trinajstić information content (AvgIpc) is 2.70. The molecule has 0 radical (unpaired) electrons. The van der Waals surface area contributed by atoms with Crippen molar-refractivity contribution in [3.8, 4) is 0 Å². The van der Waals surface area contributed by atoms with E-state index in [0.717, 1.165) is 23.5 Å². The van der Waals surface area contributed by atoms with Crippen LogP contribution in [0.1, 0.15) is 51.3 Å². The molecular weight excluding hydrogens is 280 g/mol. The molecule has 1 aliphatic rings. The molecule has 0 unspecified atom stereocenters. The summed E-state index contributed by atoms with van der Waals surface area (Å²) >= 11 is 1.64. The normalized spacial score (nSPS) is 14.4. The molecule has 4 heteroatoms. The number of aromatic nitrogens is 1. The van der Waals surface area contributed by atoms with Crippen LogP contribution in [0.3, 0.4) is 0 Å². The number of benzene rings is 1. The number of hydrogen-bond acceptors (Lipinski definition) is 3. The summed E-state index contributed by atoms with van der Waals surface area (Å²) in [6, 6.07) is 5.79. The Labute approximate surface area is 129 Å². The Morgan fingerprint density at radius 3 is 2.76 bits per heavy atom. The van der Waals surface area contributed by atoms with Crippen LogP contribution in [-0.4, -0.2) is 10.9 Å². The second-order valence-corrected chi connectivity index (χ2v) is 6.79. The Balaban J connectivity index is 1.77. The van der Waals surface area contributed by atoms with E-state index >= 15 is 0 Å². The highest BCUT2D eigenvalue weighted by atomic mass is 32.1. The van der Waals surface area contributed by atoms with Gasteiger partial charge in [-0.2, -0.15) is 0 Å². The molecule has 1 heterocycles. The molecule has 1 N–H and O–H groups in total. The maximum atomic E-state index is 12.3. The molecule has 2 aromatic rings. The molecule has 0 fully saturated rings. The number of carbonyl (C=O) groups excluding carboxylic acids is 1. The Kier molecular flexibility index (Phi) is 4.06. The summed E-state index contributed by atoms with van der Waals surface area (Å²) in [7, 11) is 0. The lowest BCUT2D eigenvalue weighted by Crippen LogP contribution is -2.12. The third kappa shape index (κ3) is 3.16. The van der Waals surface area contributed by atoms with E-state index in [1.54, 1.807) is 11.3 Å². The number of amides is 1. The molecule has 1 aromatic heterocycles. The quantitative estimate of drug-likeness (QED) is 0.841. The SMILES string of the molecule is Cc1ccc(C(=O)Nc2nc3c(s2)CCCCC3)cc1C. The van der Waals surface area contributed by atoms with Gasteiger partial charge in [-0.3, -0.25) is 10.1 Å². The fourth-order valence-electron chi connectivity index (χ4n) is 2.63. The molecule has 0 spiro atoms. The van der Waals surface area contributed by atoms with Crippen molar-refractivity contribution >= 4 is 22.4 Å². The van der Waals surface area contributed by atoms with Gasteiger partial charge in [0.15, 0.2) is 5.13 Å². The number of nitrogens with zero attached hydrogens (tertiary/aromatic N) is 1. The van der Waals surface area contributed by atoms with E-state index in [0.29, 0.717) is 5.56 Å². The van der Waals surface area contributed by atoms with E-state index < -0.39 is 0 Å². The minimum atomic E-state index is -0.0676. The Bertz CT molecular complexity index is 652. The molecule has 0 atom stereocenters. The molecule has 1 amide bonds. The van der Waals surface area contributed by atoms with Gasteiger partial charge >= 0.3 is 0 Å². The zero-order valence-electron chi connectivity index (χ0n) is 12.5. The maximum Gasteiger partial charge on any atom is 0.257 e. The van der Waals surface area contributed by atoms with Crippen LogP contribution >= 0.6 is 11.3 Å². The first kappa shape index (κ1) is 14.3. The van der Waals surface area contributed by atoms with Crippen molar-refractivity contribution in [2.75, 3.05) is 5.32 Å². The van der Waals surface area contributed by atoms with E-state index in [-0.39, 0.29) is 5.91 Å². The molecule has 0 saturated carbocycles. The predicted octanol–water partition coefficient (Wildman–Crippen LogP) is 4.28. The van der Waals surface area contributed by atoms with Crippen molar-refractivity contribution < 1.29 is 4.79 Å². The minimum Gasteiger partial charge on any atom is -0.298 e. The van der Waals surface area contributed by atoms with Gasteiger partial charge in [0.25, 0.3) is 5.91 Å². The lowest BCUT2D eigenvalue weighted by Gasteiger charge is -2.05. The number of carbonyl (C=O) groups is 1. The fourth-order valence-corrected chi connectivity index (χ4v) is 3.68. The third-order valence-corrected chi connectivity index (χ3v) is 5.16. The van der Waals surface area contributed by atoms with Crippen LogP contribution in [0.25, 0.3) is 0 Å². The monoisotopic (exact) mass is 300 g/mol. The Hall–Kier alpha value is -1.68. The largest absolute Gasteiger partial charge is 0.298 e. The van der Waals surface area contributed by atoms with Gasteiger partial charge in [-0.05, 0) is 62.8 Å². The van der Waals surface area contributed by atoms with Gasteiger partial charge in [0, 0.05) is 10.4 Å². The standard InChI is InChI=1S/C17H20N2OS/c1-11-8-9-13(10-12(11)2)16(20)19-17-18-14-6-4-3-5-7-15(14)21-17/h8-10H,3-7H2,1-2H3,(H,18,19,20).